The van der Waals surface area contributed by atoms with Crippen LogP contribution in [0, 0.1) is 0 Å². The molecule has 0 aliphatic rings. The predicted octanol–water partition coefficient (Wildman–Crippen LogP) is 0.964. The van der Waals surface area contributed by atoms with Crippen LogP contribution in [0.25, 0.3) is 0 Å². The second-order valence-corrected chi connectivity index (χ2v) is 5.32. The topological polar surface area (TPSA) is 73.5 Å². The van der Waals surface area contributed by atoms with Crippen LogP contribution in [-0.4, -0.2) is 43.6 Å². The summed E-state index contributed by atoms with van der Waals surface area (Å²) in [6.07, 6.45) is 0.963. The van der Waals surface area contributed by atoms with Crippen molar-refractivity contribution < 1.29 is 0 Å². The lowest BCUT2D eigenvalue weighted by Gasteiger charge is -2.05. The molecule has 110 valence electrons. The molecular weight excluding hydrogens is 274 g/mol. The third kappa shape index (κ3) is 3.57. The molecular formula is C12H21N7S. The SMILES string of the molecule is CCc1cc(CSc2nnnn2CCNC)n(CC)n1. The third-order valence-corrected chi connectivity index (χ3v) is 3.99. The first kappa shape index (κ1) is 15.0. The minimum absolute atomic E-state index is 0.777. The number of hydrogen-bond donors (Lipinski definition) is 1. The molecule has 0 bridgehead atoms. The van der Waals surface area contributed by atoms with Gasteiger partial charge in [0.1, 0.15) is 0 Å². The zero-order valence-corrected chi connectivity index (χ0v) is 13.0. The largest absolute Gasteiger partial charge is 0.318 e. The number of likely N-dealkylation sites (N-methyl/N-ethyl adjacent to an activating group) is 1. The van der Waals surface area contributed by atoms with Crippen molar-refractivity contribution >= 4 is 11.8 Å². The lowest BCUT2D eigenvalue weighted by Crippen LogP contribution is -2.16. The van der Waals surface area contributed by atoms with Gasteiger partial charge in [-0.1, -0.05) is 18.7 Å². The van der Waals surface area contributed by atoms with Gasteiger partial charge in [-0.3, -0.25) is 4.68 Å². The molecule has 0 unspecified atom stereocenters. The maximum atomic E-state index is 4.55. The summed E-state index contributed by atoms with van der Waals surface area (Å²) in [4.78, 5) is 0. The molecule has 7 nitrogen and oxygen atoms in total. The van der Waals surface area contributed by atoms with E-state index in [0.717, 1.165) is 42.7 Å². The van der Waals surface area contributed by atoms with E-state index in [2.05, 4.69) is 45.9 Å². The van der Waals surface area contributed by atoms with Gasteiger partial charge in [0, 0.05) is 24.5 Å². The quantitative estimate of drug-likeness (QED) is 0.731. The summed E-state index contributed by atoms with van der Waals surface area (Å²) in [6.45, 7) is 6.75. The van der Waals surface area contributed by atoms with Gasteiger partial charge in [-0.15, -0.1) is 5.10 Å². The second kappa shape index (κ2) is 7.39. The molecule has 0 saturated heterocycles. The summed E-state index contributed by atoms with van der Waals surface area (Å²) in [6, 6.07) is 2.16. The number of hydrogen-bond acceptors (Lipinski definition) is 6. The standard InChI is InChI=1S/C12H21N7S/c1-4-10-8-11(18(5-2)15-10)9-20-12-14-16-17-19(12)7-6-13-3/h8,13H,4-7,9H2,1-3H3. The molecule has 0 atom stereocenters. The first-order chi connectivity index (χ1) is 9.78. The summed E-state index contributed by atoms with van der Waals surface area (Å²) >= 11 is 1.65. The zero-order valence-electron chi connectivity index (χ0n) is 12.2. The van der Waals surface area contributed by atoms with Gasteiger partial charge < -0.3 is 5.32 Å². The Morgan fingerprint density at radius 3 is 2.85 bits per heavy atom. The fraction of sp³-hybridized carbons (Fsp3) is 0.667. The number of thioether (sulfide) groups is 1. The highest BCUT2D eigenvalue weighted by Gasteiger charge is 2.10. The van der Waals surface area contributed by atoms with E-state index in [1.807, 2.05) is 16.4 Å². The first-order valence-electron chi connectivity index (χ1n) is 6.87. The predicted molar refractivity (Wildman–Crippen MR) is 78.6 cm³/mol. The van der Waals surface area contributed by atoms with Crippen LogP contribution in [0.2, 0.25) is 0 Å². The Morgan fingerprint density at radius 1 is 1.30 bits per heavy atom. The molecule has 2 aromatic rings. The average molecular weight is 295 g/mol. The summed E-state index contributed by atoms with van der Waals surface area (Å²) in [7, 11) is 1.92. The van der Waals surface area contributed by atoms with Gasteiger partial charge in [-0.2, -0.15) is 5.10 Å². The molecule has 1 N–H and O–H groups in total. The highest BCUT2D eigenvalue weighted by Crippen LogP contribution is 2.20. The molecule has 0 aromatic carbocycles. The molecule has 0 spiro atoms. The van der Waals surface area contributed by atoms with Crippen molar-refractivity contribution in [1.29, 1.82) is 0 Å². The molecule has 20 heavy (non-hydrogen) atoms. The molecule has 0 aliphatic carbocycles. The number of nitrogens with one attached hydrogen (secondary N) is 1. The Hall–Kier alpha value is -1.41. The van der Waals surface area contributed by atoms with Crippen LogP contribution in [0.15, 0.2) is 11.2 Å². The smallest absolute Gasteiger partial charge is 0.209 e. The Kier molecular flexibility index (Phi) is 5.54. The Bertz CT molecular complexity index is 534. The van der Waals surface area contributed by atoms with Crippen LogP contribution in [-0.2, 0) is 25.3 Å². The number of nitrogens with zero attached hydrogens (tertiary/aromatic N) is 6. The number of tetrazole rings is 1. The van der Waals surface area contributed by atoms with Crippen molar-refractivity contribution in [3.63, 3.8) is 0 Å². The summed E-state index contributed by atoms with van der Waals surface area (Å²) in [5.41, 5.74) is 2.36. The zero-order chi connectivity index (χ0) is 14.4. The average Bonchev–Trinajstić information content (AvgIpc) is 3.08. The van der Waals surface area contributed by atoms with Crippen LogP contribution in [0.3, 0.4) is 0 Å². The van der Waals surface area contributed by atoms with E-state index < -0.39 is 0 Å². The van der Waals surface area contributed by atoms with Crippen LogP contribution >= 0.6 is 11.8 Å². The van der Waals surface area contributed by atoms with Gasteiger partial charge in [-0.05, 0) is 36.9 Å². The molecule has 2 aromatic heterocycles. The van der Waals surface area contributed by atoms with Gasteiger partial charge in [0.05, 0.1) is 12.2 Å². The molecule has 0 aliphatic heterocycles. The number of aryl methyl sites for hydroxylation is 2. The highest BCUT2D eigenvalue weighted by atomic mass is 32.2. The van der Waals surface area contributed by atoms with E-state index in [1.165, 1.54) is 5.69 Å². The van der Waals surface area contributed by atoms with Gasteiger partial charge in [0.25, 0.3) is 0 Å². The summed E-state index contributed by atoms with van der Waals surface area (Å²) in [5.74, 6) is 0.834. The molecule has 0 fully saturated rings. The molecule has 8 heteroatoms. The monoisotopic (exact) mass is 295 g/mol. The lowest BCUT2D eigenvalue weighted by molar-refractivity contribution is 0.529. The van der Waals surface area contributed by atoms with E-state index >= 15 is 0 Å². The van der Waals surface area contributed by atoms with Crippen molar-refractivity contribution in [3.8, 4) is 0 Å². The van der Waals surface area contributed by atoms with Gasteiger partial charge in [0.15, 0.2) is 0 Å². The lowest BCUT2D eigenvalue weighted by atomic mass is 10.3. The molecule has 2 rings (SSSR count). The van der Waals surface area contributed by atoms with E-state index in [9.17, 15) is 0 Å². The Labute approximate surface area is 123 Å². The molecule has 0 amide bonds. The van der Waals surface area contributed by atoms with Crippen molar-refractivity contribution in [3.05, 3.63) is 17.5 Å². The maximum absolute atomic E-state index is 4.55. The molecule has 2 heterocycles. The third-order valence-electron chi connectivity index (χ3n) is 3.00. The fourth-order valence-corrected chi connectivity index (χ4v) is 2.75. The fourth-order valence-electron chi connectivity index (χ4n) is 1.87. The van der Waals surface area contributed by atoms with Crippen molar-refractivity contribution in [2.45, 2.75) is 44.3 Å². The number of rotatable bonds is 8. The Balaban J connectivity index is 2.01. The van der Waals surface area contributed by atoms with Crippen LogP contribution in [0.1, 0.15) is 25.2 Å². The normalized spacial score (nSPS) is 11.2. The van der Waals surface area contributed by atoms with E-state index in [1.54, 1.807) is 11.8 Å². The van der Waals surface area contributed by atoms with E-state index in [-0.39, 0.29) is 0 Å². The summed E-state index contributed by atoms with van der Waals surface area (Å²) in [5, 5.41) is 20.3. The van der Waals surface area contributed by atoms with Crippen molar-refractivity contribution in [2.75, 3.05) is 13.6 Å². The van der Waals surface area contributed by atoms with Crippen LogP contribution < -0.4 is 5.32 Å². The van der Waals surface area contributed by atoms with Crippen molar-refractivity contribution in [2.24, 2.45) is 0 Å². The van der Waals surface area contributed by atoms with E-state index in [0.29, 0.717) is 0 Å². The van der Waals surface area contributed by atoms with Crippen molar-refractivity contribution in [1.82, 2.24) is 35.3 Å². The van der Waals surface area contributed by atoms with Crippen LogP contribution in [0.5, 0.6) is 0 Å². The Morgan fingerprint density at radius 2 is 2.15 bits per heavy atom. The minimum atomic E-state index is 0.777. The van der Waals surface area contributed by atoms with Crippen LogP contribution in [0.4, 0.5) is 0 Å². The van der Waals surface area contributed by atoms with E-state index in [4.69, 9.17) is 0 Å². The maximum Gasteiger partial charge on any atom is 0.209 e. The summed E-state index contributed by atoms with van der Waals surface area (Å²) < 4.78 is 3.88. The van der Waals surface area contributed by atoms with Gasteiger partial charge in [-0.25, -0.2) is 4.68 Å². The molecule has 0 radical (unpaired) electrons. The molecule has 0 saturated carbocycles. The van der Waals surface area contributed by atoms with Gasteiger partial charge >= 0.3 is 0 Å². The highest BCUT2D eigenvalue weighted by molar-refractivity contribution is 7.98. The minimum Gasteiger partial charge on any atom is -0.318 e. The number of aromatic nitrogens is 6. The second-order valence-electron chi connectivity index (χ2n) is 4.37. The van der Waals surface area contributed by atoms with Gasteiger partial charge in [0.2, 0.25) is 5.16 Å². The first-order valence-corrected chi connectivity index (χ1v) is 7.86.